The zero-order valence-corrected chi connectivity index (χ0v) is 11.1. The molecule has 5 nitrogen and oxygen atoms in total. The molecule has 0 bridgehead atoms. The van der Waals surface area contributed by atoms with E-state index in [4.69, 9.17) is 16.7 Å². The summed E-state index contributed by atoms with van der Waals surface area (Å²) in [5, 5.41) is 17.6. The van der Waals surface area contributed by atoms with Gasteiger partial charge in [0.05, 0.1) is 22.7 Å². The van der Waals surface area contributed by atoms with Crippen LogP contribution in [0.2, 0.25) is 5.02 Å². The number of hydrogen-bond donors (Lipinski definition) is 1. The van der Waals surface area contributed by atoms with E-state index in [0.29, 0.717) is 15.7 Å². The van der Waals surface area contributed by atoms with Gasteiger partial charge < -0.3 is 5.11 Å². The normalized spacial score (nSPS) is 10.6. The molecule has 1 heterocycles. The highest BCUT2D eigenvalue weighted by Gasteiger charge is 2.11. The first-order valence-corrected chi connectivity index (χ1v) is 6.46. The third-order valence-corrected chi connectivity index (χ3v) is 3.46. The van der Waals surface area contributed by atoms with Gasteiger partial charge in [-0.1, -0.05) is 34.6 Å². The molecule has 1 N–H and O–H groups in total. The SMILES string of the molecule is Cc1ccc(-n2nncc2SCC(=O)O)c(Cl)c1. The molecule has 1 aromatic carbocycles. The van der Waals surface area contributed by atoms with Crippen LogP contribution in [0, 0.1) is 6.92 Å². The molecule has 1 aromatic heterocycles. The molecule has 0 spiro atoms. The van der Waals surface area contributed by atoms with Gasteiger partial charge >= 0.3 is 5.97 Å². The number of aromatic nitrogens is 3. The number of thioether (sulfide) groups is 1. The van der Waals surface area contributed by atoms with Crippen molar-refractivity contribution in [3.8, 4) is 5.69 Å². The molecule has 0 saturated carbocycles. The first-order chi connectivity index (χ1) is 8.58. The topological polar surface area (TPSA) is 68.0 Å². The molecule has 18 heavy (non-hydrogen) atoms. The minimum atomic E-state index is -0.886. The van der Waals surface area contributed by atoms with Gasteiger partial charge in [0.25, 0.3) is 0 Å². The highest BCUT2D eigenvalue weighted by molar-refractivity contribution is 7.99. The maximum absolute atomic E-state index is 10.6. The second kappa shape index (κ2) is 5.41. The molecule has 0 unspecified atom stereocenters. The van der Waals surface area contributed by atoms with Crippen LogP contribution in [-0.2, 0) is 4.79 Å². The lowest BCUT2D eigenvalue weighted by Gasteiger charge is -2.07. The summed E-state index contributed by atoms with van der Waals surface area (Å²) in [5.74, 6) is -0.931. The van der Waals surface area contributed by atoms with Gasteiger partial charge in [-0.25, -0.2) is 4.68 Å². The Morgan fingerprint density at radius 2 is 2.33 bits per heavy atom. The number of carboxylic acids is 1. The summed E-state index contributed by atoms with van der Waals surface area (Å²) in [7, 11) is 0. The van der Waals surface area contributed by atoms with Crippen LogP contribution in [0.4, 0.5) is 0 Å². The largest absolute Gasteiger partial charge is 0.481 e. The monoisotopic (exact) mass is 283 g/mol. The fourth-order valence-corrected chi connectivity index (χ4v) is 2.38. The van der Waals surface area contributed by atoms with E-state index in [1.807, 2.05) is 25.1 Å². The lowest BCUT2D eigenvalue weighted by molar-refractivity contribution is -0.133. The lowest BCUT2D eigenvalue weighted by atomic mass is 10.2. The van der Waals surface area contributed by atoms with Gasteiger partial charge in [0.1, 0.15) is 5.03 Å². The summed E-state index contributed by atoms with van der Waals surface area (Å²) in [6.45, 7) is 1.94. The van der Waals surface area contributed by atoms with Gasteiger partial charge in [0.2, 0.25) is 0 Å². The standard InChI is InChI=1S/C11H10ClN3O2S/c1-7-2-3-9(8(12)4-7)15-10(5-13-14-15)18-6-11(16)17/h2-5H,6H2,1H3,(H,16,17). The Kier molecular flexibility index (Phi) is 3.88. The van der Waals surface area contributed by atoms with Crippen LogP contribution in [0.5, 0.6) is 0 Å². The van der Waals surface area contributed by atoms with Crippen LogP contribution in [0.15, 0.2) is 29.4 Å². The summed E-state index contributed by atoms with van der Waals surface area (Å²) in [4.78, 5) is 10.6. The van der Waals surface area contributed by atoms with Crippen molar-refractivity contribution in [2.75, 3.05) is 5.75 Å². The van der Waals surface area contributed by atoms with Crippen molar-refractivity contribution >= 4 is 29.3 Å². The minimum absolute atomic E-state index is 0.0448. The second-order valence-electron chi connectivity index (χ2n) is 3.62. The first-order valence-electron chi connectivity index (χ1n) is 5.10. The number of aliphatic carboxylic acids is 1. The molecule has 2 rings (SSSR count). The minimum Gasteiger partial charge on any atom is -0.481 e. The number of nitrogens with zero attached hydrogens (tertiary/aromatic N) is 3. The quantitative estimate of drug-likeness (QED) is 0.873. The molecular weight excluding hydrogens is 274 g/mol. The molecule has 0 amide bonds. The summed E-state index contributed by atoms with van der Waals surface area (Å²) in [6, 6.07) is 5.57. The van der Waals surface area contributed by atoms with Crippen molar-refractivity contribution in [1.29, 1.82) is 0 Å². The van der Waals surface area contributed by atoms with E-state index < -0.39 is 5.97 Å². The molecule has 0 aliphatic carbocycles. The summed E-state index contributed by atoms with van der Waals surface area (Å²) >= 11 is 7.29. The number of carbonyl (C=O) groups is 1. The number of hydrogen-bond acceptors (Lipinski definition) is 4. The highest BCUT2D eigenvalue weighted by atomic mass is 35.5. The molecule has 0 saturated heterocycles. The zero-order chi connectivity index (χ0) is 13.1. The molecule has 94 valence electrons. The number of carboxylic acid groups (broad SMARTS) is 1. The van der Waals surface area contributed by atoms with Crippen molar-refractivity contribution in [3.05, 3.63) is 35.0 Å². The van der Waals surface area contributed by atoms with Gasteiger partial charge in [0, 0.05) is 0 Å². The predicted molar refractivity (Wildman–Crippen MR) is 69.5 cm³/mol. The van der Waals surface area contributed by atoms with E-state index in [1.54, 1.807) is 0 Å². The average molecular weight is 284 g/mol. The molecular formula is C11H10ClN3O2S. The average Bonchev–Trinajstić information content (AvgIpc) is 2.74. The molecule has 0 atom stereocenters. The third-order valence-electron chi connectivity index (χ3n) is 2.19. The van der Waals surface area contributed by atoms with Gasteiger partial charge in [-0.2, -0.15) is 0 Å². The molecule has 0 fully saturated rings. The second-order valence-corrected chi connectivity index (χ2v) is 5.02. The number of benzene rings is 1. The third kappa shape index (κ3) is 2.83. The van der Waals surface area contributed by atoms with Gasteiger partial charge in [-0.15, -0.1) is 5.10 Å². The Labute approximate surface area is 113 Å². The maximum atomic E-state index is 10.6. The lowest BCUT2D eigenvalue weighted by Crippen LogP contribution is -2.03. The van der Waals surface area contributed by atoms with E-state index in [1.165, 1.54) is 10.9 Å². The zero-order valence-electron chi connectivity index (χ0n) is 9.50. The Hall–Kier alpha value is -1.53. The first kappa shape index (κ1) is 12.9. The fourth-order valence-electron chi connectivity index (χ4n) is 1.41. The number of aryl methyl sites for hydroxylation is 1. The van der Waals surface area contributed by atoms with Crippen molar-refractivity contribution in [3.63, 3.8) is 0 Å². The van der Waals surface area contributed by atoms with Crippen molar-refractivity contribution in [2.24, 2.45) is 0 Å². The maximum Gasteiger partial charge on any atom is 0.313 e. The van der Waals surface area contributed by atoms with Crippen molar-refractivity contribution in [1.82, 2.24) is 15.0 Å². The molecule has 2 aromatic rings. The fraction of sp³-hybridized carbons (Fsp3) is 0.182. The molecule has 0 aliphatic heterocycles. The van der Waals surface area contributed by atoms with E-state index in [2.05, 4.69) is 10.3 Å². The van der Waals surface area contributed by atoms with Crippen LogP contribution < -0.4 is 0 Å². The smallest absolute Gasteiger partial charge is 0.313 e. The van der Waals surface area contributed by atoms with Crippen molar-refractivity contribution in [2.45, 2.75) is 11.9 Å². The van der Waals surface area contributed by atoms with Gasteiger partial charge in [-0.05, 0) is 24.6 Å². The van der Waals surface area contributed by atoms with E-state index >= 15 is 0 Å². The summed E-state index contributed by atoms with van der Waals surface area (Å²) < 4.78 is 1.54. The van der Waals surface area contributed by atoms with E-state index in [9.17, 15) is 4.79 Å². The van der Waals surface area contributed by atoms with Crippen LogP contribution in [0.1, 0.15) is 5.56 Å². The Bertz CT molecular complexity index is 585. The van der Waals surface area contributed by atoms with Gasteiger partial charge in [-0.3, -0.25) is 4.79 Å². The molecule has 0 aliphatic rings. The Morgan fingerprint density at radius 3 is 3.00 bits per heavy atom. The summed E-state index contributed by atoms with van der Waals surface area (Å²) in [6.07, 6.45) is 1.52. The van der Waals surface area contributed by atoms with Crippen LogP contribution >= 0.6 is 23.4 Å². The summed E-state index contributed by atoms with van der Waals surface area (Å²) in [5.41, 5.74) is 1.73. The van der Waals surface area contributed by atoms with Crippen LogP contribution in [-0.4, -0.2) is 31.8 Å². The van der Waals surface area contributed by atoms with Gasteiger partial charge in [0.15, 0.2) is 0 Å². The Balaban J connectivity index is 2.33. The van der Waals surface area contributed by atoms with Crippen LogP contribution in [0.25, 0.3) is 5.69 Å². The Morgan fingerprint density at radius 1 is 1.56 bits per heavy atom. The van der Waals surface area contributed by atoms with Crippen molar-refractivity contribution < 1.29 is 9.90 Å². The van der Waals surface area contributed by atoms with E-state index in [-0.39, 0.29) is 5.75 Å². The number of rotatable bonds is 4. The molecule has 0 radical (unpaired) electrons. The van der Waals surface area contributed by atoms with E-state index in [0.717, 1.165) is 17.3 Å². The molecule has 7 heteroatoms. The highest BCUT2D eigenvalue weighted by Crippen LogP contribution is 2.26. The number of halogens is 1. The van der Waals surface area contributed by atoms with Crippen LogP contribution in [0.3, 0.4) is 0 Å². The predicted octanol–water partition coefficient (Wildman–Crippen LogP) is 2.41.